The van der Waals surface area contributed by atoms with Crippen molar-refractivity contribution in [3.8, 4) is 6.07 Å². The fourth-order valence-electron chi connectivity index (χ4n) is 3.90. The third-order valence-corrected chi connectivity index (χ3v) is 4.78. The molecule has 0 amide bonds. The van der Waals surface area contributed by atoms with E-state index in [9.17, 15) is 4.79 Å². The third-order valence-electron chi connectivity index (χ3n) is 4.78. The van der Waals surface area contributed by atoms with E-state index in [2.05, 4.69) is 6.07 Å². The lowest BCUT2D eigenvalue weighted by Gasteiger charge is -2.41. The Hall–Kier alpha value is -0.880. The fourth-order valence-corrected chi connectivity index (χ4v) is 3.90. The number of nitrogens with zero attached hydrogens (tertiary/aromatic N) is 1. The predicted octanol–water partition coefficient (Wildman–Crippen LogP) is 1.92. The van der Waals surface area contributed by atoms with Gasteiger partial charge in [0.25, 0.3) is 0 Å². The van der Waals surface area contributed by atoms with Gasteiger partial charge in [-0.2, -0.15) is 5.26 Å². The highest BCUT2D eigenvalue weighted by molar-refractivity contribution is 5.89. The average Bonchev–Trinajstić information content (AvgIpc) is 2.83. The van der Waals surface area contributed by atoms with Crippen LogP contribution in [0.4, 0.5) is 0 Å². The Labute approximate surface area is 95.8 Å². The van der Waals surface area contributed by atoms with E-state index in [4.69, 9.17) is 10.00 Å². The Bertz CT molecular complexity index is 345. The van der Waals surface area contributed by atoms with Crippen LogP contribution in [0.1, 0.15) is 32.1 Å². The number of nitriles is 1. The molecule has 1 unspecified atom stereocenters. The summed E-state index contributed by atoms with van der Waals surface area (Å²) in [5, 5.41) is 9.15. The smallest absolute Gasteiger partial charge is 0.143 e. The molecule has 1 aliphatic heterocycles. The topological polar surface area (TPSA) is 50.1 Å². The molecule has 1 atom stereocenters. The highest BCUT2D eigenvalue weighted by Gasteiger charge is 2.62. The number of ketones is 1. The molecule has 4 rings (SSSR count). The second-order valence-electron chi connectivity index (χ2n) is 5.60. The van der Waals surface area contributed by atoms with Crippen molar-refractivity contribution in [3.05, 3.63) is 0 Å². The van der Waals surface area contributed by atoms with Crippen molar-refractivity contribution in [2.24, 2.45) is 23.2 Å². The zero-order chi connectivity index (χ0) is 11.2. The molecule has 3 heteroatoms. The molecule has 16 heavy (non-hydrogen) atoms. The predicted molar refractivity (Wildman–Crippen MR) is 57.4 cm³/mol. The number of fused-ring (bicyclic) bond motifs is 1. The lowest BCUT2D eigenvalue weighted by molar-refractivity contribution is -0.141. The van der Waals surface area contributed by atoms with Crippen molar-refractivity contribution >= 4 is 5.78 Å². The van der Waals surface area contributed by atoms with E-state index in [0.717, 1.165) is 32.1 Å². The molecule has 1 heterocycles. The van der Waals surface area contributed by atoms with E-state index in [-0.39, 0.29) is 17.3 Å². The van der Waals surface area contributed by atoms with E-state index in [1.54, 1.807) is 0 Å². The van der Waals surface area contributed by atoms with Crippen molar-refractivity contribution in [2.75, 3.05) is 13.2 Å². The Morgan fingerprint density at radius 3 is 2.62 bits per heavy atom. The summed E-state index contributed by atoms with van der Waals surface area (Å²) < 4.78 is 5.29. The molecule has 0 aromatic heterocycles. The summed E-state index contributed by atoms with van der Waals surface area (Å²) in [7, 11) is 0. The summed E-state index contributed by atoms with van der Waals surface area (Å²) in [6.07, 6.45) is 4.67. The minimum absolute atomic E-state index is 0.00726. The van der Waals surface area contributed by atoms with Crippen molar-refractivity contribution in [1.82, 2.24) is 0 Å². The summed E-state index contributed by atoms with van der Waals surface area (Å²) >= 11 is 0. The van der Waals surface area contributed by atoms with E-state index in [0.29, 0.717) is 24.9 Å². The van der Waals surface area contributed by atoms with Crippen LogP contribution in [-0.2, 0) is 9.53 Å². The van der Waals surface area contributed by atoms with Crippen LogP contribution >= 0.6 is 0 Å². The van der Waals surface area contributed by atoms with Gasteiger partial charge in [-0.15, -0.1) is 0 Å². The van der Waals surface area contributed by atoms with Gasteiger partial charge in [0.2, 0.25) is 0 Å². The molecular weight excluding hydrogens is 202 g/mol. The molecule has 3 saturated carbocycles. The van der Waals surface area contributed by atoms with Crippen molar-refractivity contribution in [1.29, 1.82) is 5.26 Å². The number of carbonyl (C=O) groups excluding carboxylic acids is 1. The minimum atomic E-state index is -0.235. The quantitative estimate of drug-likeness (QED) is 0.713. The fraction of sp³-hybridized carbons (Fsp3) is 0.846. The van der Waals surface area contributed by atoms with Crippen molar-refractivity contribution < 1.29 is 9.53 Å². The van der Waals surface area contributed by atoms with Crippen LogP contribution in [0.5, 0.6) is 0 Å². The number of hydrogen-bond donors (Lipinski definition) is 0. The second kappa shape index (κ2) is 3.56. The maximum absolute atomic E-state index is 12.5. The second-order valence-corrected chi connectivity index (χ2v) is 5.60. The molecule has 0 aromatic rings. The highest BCUT2D eigenvalue weighted by Crippen LogP contribution is 2.63. The Morgan fingerprint density at radius 2 is 2.00 bits per heavy atom. The summed E-state index contributed by atoms with van der Waals surface area (Å²) in [5.41, 5.74) is -0.235. The van der Waals surface area contributed by atoms with Crippen LogP contribution in [0.25, 0.3) is 0 Å². The highest BCUT2D eigenvalue weighted by atomic mass is 16.5. The van der Waals surface area contributed by atoms with E-state index < -0.39 is 0 Å². The standard InChI is InChI=1S/C13H17NO2/c14-8-11-5-9-6-13(11,7-9)12(15)10-1-3-16-4-2-10/h9-11H,1-7H2. The van der Waals surface area contributed by atoms with Gasteiger partial charge in [-0.1, -0.05) is 0 Å². The van der Waals surface area contributed by atoms with Gasteiger partial charge in [0.15, 0.2) is 0 Å². The first kappa shape index (κ1) is 10.3. The van der Waals surface area contributed by atoms with Crippen LogP contribution < -0.4 is 0 Å². The van der Waals surface area contributed by atoms with Gasteiger partial charge in [0, 0.05) is 24.5 Å². The lowest BCUT2D eigenvalue weighted by atomic mass is 9.61. The monoisotopic (exact) mass is 219 g/mol. The summed E-state index contributed by atoms with van der Waals surface area (Å²) in [4.78, 5) is 12.5. The third kappa shape index (κ3) is 1.26. The van der Waals surface area contributed by atoms with Gasteiger partial charge >= 0.3 is 0 Å². The molecule has 4 fully saturated rings. The number of rotatable bonds is 2. The first-order valence-electron chi connectivity index (χ1n) is 6.28. The molecule has 0 radical (unpaired) electrons. The van der Waals surface area contributed by atoms with E-state index >= 15 is 0 Å². The molecule has 2 bridgehead atoms. The minimum Gasteiger partial charge on any atom is -0.381 e. The van der Waals surface area contributed by atoms with Gasteiger partial charge in [-0.25, -0.2) is 0 Å². The Morgan fingerprint density at radius 1 is 1.31 bits per heavy atom. The molecule has 86 valence electrons. The molecule has 0 spiro atoms. The number of hydrogen-bond acceptors (Lipinski definition) is 3. The Balaban J connectivity index is 1.77. The maximum Gasteiger partial charge on any atom is 0.143 e. The van der Waals surface area contributed by atoms with Crippen LogP contribution in [0.15, 0.2) is 0 Å². The van der Waals surface area contributed by atoms with Gasteiger partial charge < -0.3 is 4.74 Å². The molecule has 4 aliphatic rings. The SMILES string of the molecule is N#CC1CC2CC1(C(=O)C1CCOCC1)C2. The molecule has 1 saturated heterocycles. The summed E-state index contributed by atoms with van der Waals surface area (Å²) in [6, 6.07) is 2.36. The maximum atomic E-state index is 12.5. The van der Waals surface area contributed by atoms with Gasteiger partial charge in [0.05, 0.1) is 12.0 Å². The lowest BCUT2D eigenvalue weighted by Crippen LogP contribution is -2.44. The van der Waals surface area contributed by atoms with Gasteiger partial charge in [0.1, 0.15) is 5.78 Å². The van der Waals surface area contributed by atoms with Gasteiger partial charge in [-0.3, -0.25) is 4.79 Å². The molecular formula is C13H17NO2. The van der Waals surface area contributed by atoms with Gasteiger partial charge in [-0.05, 0) is 38.0 Å². The van der Waals surface area contributed by atoms with E-state index in [1.807, 2.05) is 0 Å². The normalized spacial score (nSPS) is 42.4. The van der Waals surface area contributed by atoms with E-state index in [1.165, 1.54) is 0 Å². The average molecular weight is 219 g/mol. The van der Waals surface area contributed by atoms with Crippen molar-refractivity contribution in [2.45, 2.75) is 32.1 Å². The number of Topliss-reactive ketones (excluding diaryl/α,β-unsaturated/α-hetero) is 1. The van der Waals surface area contributed by atoms with Crippen LogP contribution in [0, 0.1) is 34.5 Å². The zero-order valence-electron chi connectivity index (χ0n) is 9.45. The molecule has 0 aromatic carbocycles. The summed E-state index contributed by atoms with van der Waals surface area (Å²) in [5.74, 6) is 1.22. The first-order chi connectivity index (χ1) is 7.76. The van der Waals surface area contributed by atoms with Crippen LogP contribution in [0.2, 0.25) is 0 Å². The number of carbonyl (C=O) groups is 1. The van der Waals surface area contributed by atoms with Crippen LogP contribution in [0.3, 0.4) is 0 Å². The Kier molecular flexibility index (Phi) is 2.29. The molecule has 0 N–H and O–H groups in total. The first-order valence-corrected chi connectivity index (χ1v) is 6.28. The number of ether oxygens (including phenoxy) is 1. The largest absolute Gasteiger partial charge is 0.381 e. The molecule has 3 aliphatic carbocycles. The van der Waals surface area contributed by atoms with Crippen LogP contribution in [-0.4, -0.2) is 19.0 Å². The van der Waals surface area contributed by atoms with Crippen molar-refractivity contribution in [3.63, 3.8) is 0 Å². The molecule has 3 nitrogen and oxygen atoms in total. The zero-order valence-corrected chi connectivity index (χ0v) is 9.45. The summed E-state index contributed by atoms with van der Waals surface area (Å²) in [6.45, 7) is 1.43.